The Morgan fingerprint density at radius 3 is 1.29 bits per heavy atom. The summed E-state index contributed by atoms with van der Waals surface area (Å²) in [4.78, 5) is 2.60. The molecule has 0 saturated heterocycles. The molecule has 0 amide bonds. The summed E-state index contributed by atoms with van der Waals surface area (Å²) >= 11 is 0. The molecule has 3 fully saturated rings. The predicted molar refractivity (Wildman–Crippen MR) is 210 cm³/mol. The molecule has 7 rings (SSSR count). The monoisotopic (exact) mass is 800 g/mol. The largest absolute Gasteiger partial charge is 0.328 e. The quantitative estimate of drug-likeness (QED) is 0.118. The summed E-state index contributed by atoms with van der Waals surface area (Å²) in [5.74, 6) is -2.71. The van der Waals surface area contributed by atoms with E-state index in [1.54, 1.807) is 12.1 Å². The van der Waals surface area contributed by atoms with Crippen LogP contribution in [-0.4, -0.2) is 29.1 Å². The Hall–Kier alpha value is -2.40. The molecule has 4 aromatic carbocycles. The highest BCUT2D eigenvalue weighted by molar-refractivity contribution is 5.86. The van der Waals surface area contributed by atoms with Crippen LogP contribution < -0.4 is 16.4 Å². The zero-order valence-electron chi connectivity index (χ0n) is 28.8. The number of benzene rings is 4. The van der Waals surface area contributed by atoms with Crippen molar-refractivity contribution in [1.82, 2.24) is 15.5 Å². The Morgan fingerprint density at radius 2 is 0.904 bits per heavy atom. The lowest BCUT2D eigenvalue weighted by Gasteiger charge is -2.36. The van der Waals surface area contributed by atoms with Crippen LogP contribution in [0, 0.1) is 23.3 Å². The fraction of sp³-hybridized carbons (Fsp3) is 0.400. The van der Waals surface area contributed by atoms with Crippen LogP contribution in [0.15, 0.2) is 84.9 Å². The maximum Gasteiger partial charge on any atom is 0.159 e. The number of hydrogen-bond acceptors (Lipinski definition) is 4. The second kappa shape index (κ2) is 19.8. The van der Waals surface area contributed by atoms with E-state index in [1.165, 1.54) is 46.5 Å². The molecule has 4 aromatic rings. The minimum Gasteiger partial charge on any atom is -0.328 e. The van der Waals surface area contributed by atoms with Crippen molar-refractivity contribution in [3.63, 3.8) is 0 Å². The summed E-state index contributed by atoms with van der Waals surface area (Å²) < 4.78 is 53.9. The Labute approximate surface area is 329 Å². The highest BCUT2D eigenvalue weighted by Gasteiger charge is 2.39. The minimum atomic E-state index is -0.801. The summed E-state index contributed by atoms with van der Waals surface area (Å²) in [5, 5.41) is 7.14. The summed E-state index contributed by atoms with van der Waals surface area (Å²) in [6.45, 7) is 3.21. The molecule has 0 aromatic heterocycles. The van der Waals surface area contributed by atoms with Crippen molar-refractivity contribution in [3.05, 3.63) is 142 Å². The number of nitrogens with zero attached hydrogens (tertiary/aromatic N) is 1. The van der Waals surface area contributed by atoms with E-state index in [0.717, 1.165) is 75.8 Å². The first-order valence-electron chi connectivity index (χ1n) is 17.3. The van der Waals surface area contributed by atoms with Gasteiger partial charge in [-0.15, -0.1) is 49.6 Å². The number of hydrogen-bond donors (Lipinski definition) is 3. The Balaban J connectivity index is 0.00000182. The topological polar surface area (TPSA) is 53.3 Å². The molecule has 0 aliphatic heterocycles. The van der Waals surface area contributed by atoms with E-state index in [4.69, 9.17) is 5.73 Å². The Kier molecular flexibility index (Phi) is 16.7. The summed E-state index contributed by atoms with van der Waals surface area (Å²) in [7, 11) is 0. The van der Waals surface area contributed by atoms with Crippen molar-refractivity contribution >= 4 is 49.6 Å². The van der Waals surface area contributed by atoms with Crippen LogP contribution in [0.2, 0.25) is 0 Å². The molecule has 4 nitrogen and oxygen atoms in total. The van der Waals surface area contributed by atoms with Crippen LogP contribution in [0.3, 0.4) is 0 Å². The molecule has 0 unspecified atom stereocenters. The van der Waals surface area contributed by atoms with Gasteiger partial charge in [0, 0.05) is 62.2 Å². The average Bonchev–Trinajstić information content (AvgIpc) is 4.03. The van der Waals surface area contributed by atoms with Gasteiger partial charge in [0.25, 0.3) is 0 Å². The van der Waals surface area contributed by atoms with Gasteiger partial charge in [-0.3, -0.25) is 4.90 Å². The van der Waals surface area contributed by atoms with E-state index in [-0.39, 0.29) is 73.5 Å². The molecule has 0 spiro atoms. The van der Waals surface area contributed by atoms with E-state index in [9.17, 15) is 17.6 Å². The normalized spacial score (nSPS) is 23.0. The minimum absolute atomic E-state index is 0. The highest BCUT2D eigenvalue weighted by atomic mass is 35.5. The molecule has 4 N–H and O–H groups in total. The van der Waals surface area contributed by atoms with Gasteiger partial charge >= 0.3 is 0 Å². The summed E-state index contributed by atoms with van der Waals surface area (Å²) in [5.41, 5.74) is 12.9. The molecule has 284 valence electrons. The fourth-order valence-electron chi connectivity index (χ4n) is 7.34. The molecule has 0 heterocycles. The van der Waals surface area contributed by atoms with Gasteiger partial charge in [0.05, 0.1) is 0 Å². The zero-order chi connectivity index (χ0) is 33.2. The van der Waals surface area contributed by atoms with Crippen LogP contribution in [0.4, 0.5) is 17.6 Å². The smallest absolute Gasteiger partial charge is 0.159 e. The molecule has 0 bridgehead atoms. The lowest BCUT2D eigenvalue weighted by atomic mass is 9.90. The summed E-state index contributed by atoms with van der Waals surface area (Å²) in [6, 6.07) is 27.4. The second-order valence-electron chi connectivity index (χ2n) is 14.1. The Bertz CT molecular complexity index is 1590. The molecule has 3 saturated carbocycles. The van der Waals surface area contributed by atoms with Crippen molar-refractivity contribution in [3.8, 4) is 0 Å². The lowest BCUT2D eigenvalue weighted by Crippen LogP contribution is -2.40. The van der Waals surface area contributed by atoms with Crippen LogP contribution in [0.5, 0.6) is 0 Å². The first-order valence-corrected chi connectivity index (χ1v) is 17.3. The van der Waals surface area contributed by atoms with Gasteiger partial charge in [0.1, 0.15) is 0 Å². The predicted octanol–water partition coefficient (Wildman–Crippen LogP) is 9.49. The van der Waals surface area contributed by atoms with Crippen molar-refractivity contribution < 1.29 is 17.6 Å². The fourth-order valence-corrected chi connectivity index (χ4v) is 7.34. The third kappa shape index (κ3) is 11.3. The van der Waals surface area contributed by atoms with E-state index in [2.05, 4.69) is 64.1 Å². The van der Waals surface area contributed by atoms with E-state index < -0.39 is 23.3 Å². The first kappa shape index (κ1) is 44.0. The molecule has 52 heavy (non-hydrogen) atoms. The second-order valence-corrected chi connectivity index (χ2v) is 14.1. The molecule has 0 radical (unpaired) electrons. The van der Waals surface area contributed by atoms with Gasteiger partial charge < -0.3 is 16.4 Å². The van der Waals surface area contributed by atoms with Gasteiger partial charge in [-0.05, 0) is 96.2 Å². The van der Waals surface area contributed by atoms with Crippen LogP contribution in [0.25, 0.3) is 0 Å². The maximum atomic E-state index is 13.7. The van der Waals surface area contributed by atoms with Crippen LogP contribution in [0.1, 0.15) is 83.7 Å². The standard InChI is InChI=1S/C40H44F4N4.4ClH/c41-35-15-9-29(17-37(35)43)33-19-39(33)46-21-25-1-5-27(6-2-25)23-48(32-13-11-31(45)12-14-32)24-28-7-3-26(4-8-28)22-47-40-20-34(40)30-10-16-36(42)38(44)18-30;;;;/h1-10,15-18,31-34,39-40,46-47H,11-14,19-24,45H2;4*1H/t31?,32?,33-,34-,39+,40+;;;;/m0..../s1. The Morgan fingerprint density at radius 1 is 0.519 bits per heavy atom. The van der Waals surface area contributed by atoms with Crippen LogP contribution in [-0.2, 0) is 26.2 Å². The molecular formula is C40H48Cl4F4N4. The molecule has 4 atom stereocenters. The maximum absolute atomic E-state index is 13.7. The number of halogens is 8. The van der Waals surface area contributed by atoms with Gasteiger partial charge in [-0.1, -0.05) is 60.7 Å². The molecule has 3 aliphatic rings. The number of nitrogens with two attached hydrogens (primary N) is 1. The van der Waals surface area contributed by atoms with E-state index >= 15 is 0 Å². The third-order valence-electron chi connectivity index (χ3n) is 10.5. The number of rotatable bonds is 13. The van der Waals surface area contributed by atoms with Crippen molar-refractivity contribution in [1.29, 1.82) is 0 Å². The van der Waals surface area contributed by atoms with Gasteiger partial charge in [-0.25, -0.2) is 17.6 Å². The first-order chi connectivity index (χ1) is 23.3. The number of nitrogens with one attached hydrogen (secondary N) is 2. The highest BCUT2D eigenvalue weighted by Crippen LogP contribution is 2.42. The summed E-state index contributed by atoms with van der Waals surface area (Å²) in [6.07, 6.45) is 6.17. The van der Waals surface area contributed by atoms with E-state index in [0.29, 0.717) is 12.1 Å². The van der Waals surface area contributed by atoms with Crippen molar-refractivity contribution in [2.45, 2.75) is 101 Å². The van der Waals surface area contributed by atoms with Crippen molar-refractivity contribution in [2.24, 2.45) is 5.73 Å². The molecular weight excluding hydrogens is 754 g/mol. The zero-order valence-corrected chi connectivity index (χ0v) is 32.1. The average molecular weight is 803 g/mol. The molecule has 12 heteroatoms. The SMILES string of the molecule is Cl.Cl.Cl.Cl.NC1CCC(N(Cc2ccc(CN[C@@H]3C[C@H]3c3ccc(F)c(F)c3)cc2)Cc2ccc(CN[C@@H]3C[C@H]3c3ccc(F)c(F)c3)cc2)CC1. The van der Waals surface area contributed by atoms with Gasteiger partial charge in [0.2, 0.25) is 0 Å². The van der Waals surface area contributed by atoms with Crippen molar-refractivity contribution in [2.75, 3.05) is 0 Å². The van der Waals surface area contributed by atoms with Gasteiger partial charge in [0.15, 0.2) is 23.3 Å². The van der Waals surface area contributed by atoms with E-state index in [1.807, 2.05) is 0 Å². The van der Waals surface area contributed by atoms with Crippen LogP contribution >= 0.6 is 49.6 Å². The lowest BCUT2D eigenvalue weighted by molar-refractivity contribution is 0.134. The molecule has 3 aliphatic carbocycles. The van der Waals surface area contributed by atoms with Gasteiger partial charge in [-0.2, -0.15) is 0 Å². The third-order valence-corrected chi connectivity index (χ3v) is 10.5.